The Kier molecular flexibility index (Phi) is 77.9. The van der Waals surface area contributed by atoms with Crippen LogP contribution in [0.25, 0.3) is 0 Å². The van der Waals surface area contributed by atoms with Gasteiger partial charge in [-0.1, -0.05) is 420 Å². The fourth-order valence-corrected chi connectivity index (χ4v) is 15.4. The number of phosphoric ester groups is 2. The lowest BCUT2D eigenvalue weighted by atomic mass is 10.0. The first kappa shape index (κ1) is 105. The molecule has 0 fully saturated rings. The highest BCUT2D eigenvalue weighted by molar-refractivity contribution is 7.47. The Bertz CT molecular complexity index is 2050. The number of carbonyl (C=O) groups is 4. The van der Waals surface area contributed by atoms with Crippen molar-refractivity contribution in [1.82, 2.24) is 0 Å². The van der Waals surface area contributed by atoms with E-state index in [1.807, 2.05) is 0 Å². The van der Waals surface area contributed by atoms with Gasteiger partial charge in [-0.15, -0.1) is 0 Å². The van der Waals surface area contributed by atoms with E-state index in [-0.39, 0.29) is 25.7 Å². The molecule has 0 spiro atoms. The molecule has 17 nitrogen and oxygen atoms in total. The van der Waals surface area contributed by atoms with Gasteiger partial charge in [-0.3, -0.25) is 37.3 Å². The van der Waals surface area contributed by atoms with Crippen molar-refractivity contribution in [3.05, 3.63) is 0 Å². The van der Waals surface area contributed by atoms with Crippen molar-refractivity contribution in [2.45, 2.75) is 490 Å². The van der Waals surface area contributed by atoms with Crippen LogP contribution in [0.5, 0.6) is 0 Å². The number of hydrogen-bond donors (Lipinski definition) is 3. The number of unbranched alkanes of at least 4 members (excludes halogenated alkanes) is 57. The number of phosphoric acid groups is 2. The number of aliphatic hydroxyl groups excluding tert-OH is 1. The van der Waals surface area contributed by atoms with E-state index in [9.17, 15) is 43.2 Å². The largest absolute Gasteiger partial charge is 0.472 e. The molecule has 0 rings (SSSR count). The lowest BCUT2D eigenvalue weighted by Crippen LogP contribution is -2.30. The fraction of sp³-hybridized carbons (Fsp3) is 0.955. The SMILES string of the molecule is CCCCCCCCCCCCCCCCCCCCCCCC(=O)O[C@H](COC(=O)CCCCCCCCCCCCCCCCCCCCCC)COP(=O)(O)OC[C@@H](O)COP(=O)(O)OC[C@@H](COC(=O)CCCCCCCCCCCCC(C)C)OC(=O)CCCCCCCCCCCCC(C)C. The molecule has 5 atom stereocenters. The summed E-state index contributed by atoms with van der Waals surface area (Å²) in [7, 11) is -9.93. The van der Waals surface area contributed by atoms with Crippen LogP contribution in [0.15, 0.2) is 0 Å². The quantitative estimate of drug-likeness (QED) is 0.0222. The molecule has 0 heterocycles. The maximum Gasteiger partial charge on any atom is 0.472 e. The third-order valence-electron chi connectivity index (χ3n) is 20.7. The molecule has 0 aliphatic carbocycles. The van der Waals surface area contributed by atoms with Crippen molar-refractivity contribution in [2.24, 2.45) is 11.8 Å². The lowest BCUT2D eigenvalue weighted by molar-refractivity contribution is -0.161. The van der Waals surface area contributed by atoms with Crippen molar-refractivity contribution in [1.29, 1.82) is 0 Å². The van der Waals surface area contributed by atoms with Crippen LogP contribution in [0.1, 0.15) is 472 Å². The van der Waals surface area contributed by atoms with E-state index in [4.69, 9.17) is 37.0 Å². The average Bonchev–Trinajstić information content (AvgIpc) is 0.910. The van der Waals surface area contributed by atoms with Gasteiger partial charge in [0.25, 0.3) is 0 Å². The van der Waals surface area contributed by atoms with Crippen LogP contribution in [-0.4, -0.2) is 96.7 Å². The highest BCUT2D eigenvalue weighted by atomic mass is 31.2. The molecule has 0 aromatic heterocycles. The number of carbonyl (C=O) groups excluding carboxylic acids is 4. The molecule has 0 aromatic carbocycles. The predicted octanol–water partition coefficient (Wildman–Crippen LogP) is 27.0. The van der Waals surface area contributed by atoms with Gasteiger partial charge in [0.05, 0.1) is 26.4 Å². The predicted molar refractivity (Wildman–Crippen MR) is 442 cm³/mol. The monoisotopic (exact) mass is 1560 g/mol. The summed E-state index contributed by atoms with van der Waals surface area (Å²) in [6.45, 7) is 9.66. The van der Waals surface area contributed by atoms with Gasteiger partial charge in [-0.2, -0.15) is 0 Å². The summed E-state index contributed by atoms with van der Waals surface area (Å²) in [5, 5.41) is 10.7. The molecule has 0 bridgehead atoms. The van der Waals surface area contributed by atoms with Crippen molar-refractivity contribution in [3.63, 3.8) is 0 Å². The Morgan fingerprint density at radius 2 is 0.430 bits per heavy atom. The van der Waals surface area contributed by atoms with E-state index < -0.39 is 97.5 Å². The fourth-order valence-electron chi connectivity index (χ4n) is 13.8. The van der Waals surface area contributed by atoms with E-state index in [0.29, 0.717) is 25.7 Å². The van der Waals surface area contributed by atoms with Crippen LogP contribution >= 0.6 is 15.6 Å². The van der Waals surface area contributed by atoms with Crippen LogP contribution in [0.4, 0.5) is 0 Å². The Morgan fingerprint density at radius 3 is 0.636 bits per heavy atom. The molecule has 0 saturated heterocycles. The molecule has 3 N–H and O–H groups in total. The highest BCUT2D eigenvalue weighted by Crippen LogP contribution is 2.45. The zero-order valence-corrected chi connectivity index (χ0v) is 72.2. The summed E-state index contributed by atoms with van der Waals surface area (Å²) in [4.78, 5) is 73.3. The lowest BCUT2D eigenvalue weighted by Gasteiger charge is -2.21. The molecule has 2 unspecified atom stereocenters. The summed E-state index contributed by atoms with van der Waals surface area (Å²) in [5.41, 5.74) is 0. The smallest absolute Gasteiger partial charge is 0.462 e. The molecule has 107 heavy (non-hydrogen) atoms. The zero-order chi connectivity index (χ0) is 78.5. The second kappa shape index (κ2) is 79.3. The molecule has 0 aliphatic rings. The molecule has 19 heteroatoms. The molecule has 636 valence electrons. The van der Waals surface area contributed by atoms with Crippen molar-refractivity contribution in [2.75, 3.05) is 39.6 Å². The molecule has 0 radical (unpaired) electrons. The van der Waals surface area contributed by atoms with Crippen molar-refractivity contribution < 1.29 is 80.2 Å². The van der Waals surface area contributed by atoms with E-state index in [0.717, 1.165) is 102 Å². The number of aliphatic hydroxyl groups is 1. The number of ether oxygens (including phenoxy) is 4. The first-order valence-corrected chi connectivity index (χ1v) is 48.5. The average molecular weight is 1560 g/mol. The van der Waals surface area contributed by atoms with Crippen LogP contribution < -0.4 is 0 Å². The second-order valence-corrected chi connectivity index (χ2v) is 35.5. The van der Waals surface area contributed by atoms with E-state index >= 15 is 0 Å². The van der Waals surface area contributed by atoms with E-state index in [1.54, 1.807) is 0 Å². The van der Waals surface area contributed by atoms with Crippen molar-refractivity contribution >= 4 is 39.5 Å². The van der Waals surface area contributed by atoms with E-state index in [2.05, 4.69) is 41.5 Å². The van der Waals surface area contributed by atoms with Gasteiger partial charge in [0.15, 0.2) is 12.2 Å². The van der Waals surface area contributed by atoms with Crippen LogP contribution in [0.3, 0.4) is 0 Å². The zero-order valence-electron chi connectivity index (χ0n) is 70.5. The summed E-state index contributed by atoms with van der Waals surface area (Å²) in [6, 6.07) is 0. The maximum absolute atomic E-state index is 13.2. The first-order chi connectivity index (χ1) is 51.9. The number of hydrogen-bond acceptors (Lipinski definition) is 15. The second-order valence-electron chi connectivity index (χ2n) is 32.6. The van der Waals surface area contributed by atoms with Crippen molar-refractivity contribution in [3.8, 4) is 0 Å². The third-order valence-corrected chi connectivity index (χ3v) is 22.6. The van der Waals surface area contributed by atoms with Gasteiger partial charge in [-0.25, -0.2) is 9.13 Å². The molecular weight excluding hydrogens is 1390 g/mol. The Labute approximate surface area is 658 Å². The summed E-state index contributed by atoms with van der Waals surface area (Å²) in [5.74, 6) is -0.591. The minimum Gasteiger partial charge on any atom is -0.462 e. The molecular formula is C88H172O17P2. The Balaban J connectivity index is 5.24. The standard InChI is InChI=1S/C88H172O17P2/c1-7-9-11-13-15-17-19-21-23-25-27-29-31-33-35-37-39-48-54-60-66-72-87(92)104-83(76-98-85(90)70-64-58-52-46-38-36-34-32-30-28-26-24-22-20-18-16-14-12-10-8-2)78-102-106(94,95)100-74-82(89)75-101-107(96,97)103-79-84(105-88(93)73-67-61-55-49-43-41-45-51-57-63-69-81(5)6)77-99-86(91)71-65-59-53-47-42-40-44-50-56-62-68-80(3)4/h80-84,89H,7-79H2,1-6H3,(H,94,95)(H,96,97)/t82-,83-,84-/m1/s1. The van der Waals surface area contributed by atoms with Gasteiger partial charge in [0, 0.05) is 25.7 Å². The van der Waals surface area contributed by atoms with E-state index in [1.165, 1.54) is 289 Å². The number of esters is 4. The first-order valence-electron chi connectivity index (χ1n) is 45.5. The topological polar surface area (TPSA) is 237 Å². The minimum absolute atomic E-state index is 0.106. The maximum atomic E-state index is 13.2. The molecule has 0 aromatic rings. The van der Waals surface area contributed by atoms with Gasteiger partial charge in [0.1, 0.15) is 19.3 Å². The summed E-state index contributed by atoms with van der Waals surface area (Å²) >= 11 is 0. The van der Waals surface area contributed by atoms with Crippen LogP contribution in [-0.2, 0) is 65.4 Å². The van der Waals surface area contributed by atoms with Gasteiger partial charge in [-0.05, 0) is 37.5 Å². The van der Waals surface area contributed by atoms with Crippen LogP contribution in [0, 0.1) is 11.8 Å². The molecule has 0 saturated carbocycles. The normalized spacial score (nSPS) is 13.8. The Morgan fingerprint density at radius 1 is 0.252 bits per heavy atom. The summed E-state index contributed by atoms with van der Waals surface area (Å²) < 4.78 is 69.0. The molecule has 0 amide bonds. The van der Waals surface area contributed by atoms with Gasteiger partial charge >= 0.3 is 39.5 Å². The van der Waals surface area contributed by atoms with Crippen LogP contribution in [0.2, 0.25) is 0 Å². The summed E-state index contributed by atoms with van der Waals surface area (Å²) in [6.07, 6.45) is 72.4. The molecule has 0 aliphatic heterocycles. The minimum atomic E-state index is -4.97. The van der Waals surface area contributed by atoms with Gasteiger partial charge < -0.3 is 33.8 Å². The number of rotatable bonds is 87. The van der Waals surface area contributed by atoms with Gasteiger partial charge in [0.2, 0.25) is 0 Å². The Hall–Kier alpha value is -1.94. The third kappa shape index (κ3) is 81.9. The highest BCUT2D eigenvalue weighted by Gasteiger charge is 2.30.